The highest BCUT2D eigenvalue weighted by Crippen LogP contribution is 2.39. The summed E-state index contributed by atoms with van der Waals surface area (Å²) in [7, 11) is 0. The number of imide groups is 2. The summed E-state index contributed by atoms with van der Waals surface area (Å²) in [6.45, 7) is 1.66. The summed E-state index contributed by atoms with van der Waals surface area (Å²) in [4.78, 5) is 66.3. The van der Waals surface area contributed by atoms with Gasteiger partial charge in [0.1, 0.15) is 6.04 Å². The fourth-order valence-electron chi connectivity index (χ4n) is 9.10. The minimum atomic E-state index is -3.03. The zero-order valence-electron chi connectivity index (χ0n) is 31.7. The molecule has 4 aliphatic rings. The van der Waals surface area contributed by atoms with E-state index in [4.69, 9.17) is 0 Å². The number of pyridine rings is 2. The van der Waals surface area contributed by atoms with E-state index < -0.39 is 59.6 Å². The number of piperazine rings is 1. The van der Waals surface area contributed by atoms with Gasteiger partial charge in [-0.2, -0.15) is 8.78 Å². The SMILES string of the molecule is O=C1CCC(N2C(=O)c3cc(N4CCN(CCC5CCN(c6ncc(-c7ccc8c9cnccc9n(C(F)F)c8c7)cc6F)CC5)CC4)cc(C(F)F)c3C2=O)C(=O)N1. The van der Waals surface area contributed by atoms with E-state index in [1.165, 1.54) is 24.4 Å². The average molecular weight is 815 g/mol. The Bertz CT molecular complexity index is 2510. The molecule has 9 rings (SSSR count). The van der Waals surface area contributed by atoms with E-state index in [1.807, 2.05) is 9.80 Å². The predicted molar refractivity (Wildman–Crippen MR) is 208 cm³/mol. The van der Waals surface area contributed by atoms with Crippen LogP contribution in [0.25, 0.3) is 32.9 Å². The van der Waals surface area contributed by atoms with E-state index >= 15 is 4.39 Å². The van der Waals surface area contributed by atoms with Crippen molar-refractivity contribution in [2.45, 2.75) is 51.1 Å². The first kappa shape index (κ1) is 38.5. The number of rotatable bonds is 9. The molecule has 1 unspecified atom stereocenters. The molecule has 0 spiro atoms. The number of carbonyl (C=O) groups excluding carboxylic acids is 4. The zero-order chi connectivity index (χ0) is 41.1. The number of amides is 4. The third-order valence-electron chi connectivity index (χ3n) is 12.3. The first-order valence-corrected chi connectivity index (χ1v) is 19.7. The van der Waals surface area contributed by atoms with Gasteiger partial charge in [-0.05, 0) is 74.0 Å². The van der Waals surface area contributed by atoms with Gasteiger partial charge in [0, 0.05) is 91.9 Å². The van der Waals surface area contributed by atoms with Gasteiger partial charge >= 0.3 is 6.55 Å². The van der Waals surface area contributed by atoms with Crippen LogP contribution in [0.15, 0.2) is 61.1 Å². The smallest absolute Gasteiger partial charge is 0.319 e. The van der Waals surface area contributed by atoms with Crippen LogP contribution < -0.4 is 15.1 Å². The maximum absolute atomic E-state index is 15.6. The maximum atomic E-state index is 15.6. The van der Waals surface area contributed by atoms with Crippen LogP contribution in [0.3, 0.4) is 0 Å². The Morgan fingerprint density at radius 1 is 0.780 bits per heavy atom. The van der Waals surface area contributed by atoms with Gasteiger partial charge in [0.05, 0.1) is 22.2 Å². The van der Waals surface area contributed by atoms with Crippen molar-refractivity contribution in [1.82, 2.24) is 29.7 Å². The molecule has 1 atom stereocenters. The fraction of sp³-hybridized carbons (Fsp3) is 0.381. The second kappa shape index (κ2) is 15.3. The van der Waals surface area contributed by atoms with Crippen LogP contribution in [0.5, 0.6) is 0 Å². The van der Waals surface area contributed by atoms with Crippen molar-refractivity contribution in [2.24, 2.45) is 5.92 Å². The Kier molecular flexibility index (Phi) is 10.0. The quantitative estimate of drug-likeness (QED) is 0.130. The van der Waals surface area contributed by atoms with E-state index in [1.54, 1.807) is 36.7 Å². The first-order chi connectivity index (χ1) is 28.5. The van der Waals surface area contributed by atoms with Crippen LogP contribution in [-0.4, -0.2) is 99.8 Å². The highest BCUT2D eigenvalue weighted by molar-refractivity contribution is 6.24. The summed E-state index contributed by atoms with van der Waals surface area (Å²) in [6.07, 6.45) is 4.06. The van der Waals surface area contributed by atoms with Gasteiger partial charge in [0.25, 0.3) is 18.2 Å². The van der Waals surface area contributed by atoms with E-state index in [2.05, 4.69) is 20.2 Å². The van der Waals surface area contributed by atoms with Crippen molar-refractivity contribution in [3.05, 3.63) is 83.6 Å². The Balaban J connectivity index is 0.793. The van der Waals surface area contributed by atoms with Crippen molar-refractivity contribution in [2.75, 3.05) is 55.6 Å². The molecule has 4 aliphatic heterocycles. The summed E-state index contributed by atoms with van der Waals surface area (Å²) >= 11 is 0. The van der Waals surface area contributed by atoms with E-state index in [-0.39, 0.29) is 24.2 Å². The van der Waals surface area contributed by atoms with Crippen LogP contribution in [-0.2, 0) is 9.59 Å². The minimum Gasteiger partial charge on any atom is -0.369 e. The number of benzene rings is 2. The molecule has 306 valence electrons. The number of nitrogens with one attached hydrogen (secondary N) is 1. The lowest BCUT2D eigenvalue weighted by Gasteiger charge is -2.38. The Hall–Kier alpha value is -5.97. The Morgan fingerprint density at radius 3 is 2.27 bits per heavy atom. The molecule has 59 heavy (non-hydrogen) atoms. The lowest BCUT2D eigenvalue weighted by molar-refractivity contribution is -0.136. The number of nitrogens with zero attached hydrogens (tertiary/aromatic N) is 7. The molecule has 4 amide bonds. The number of hydrogen-bond acceptors (Lipinski definition) is 9. The average Bonchev–Trinajstić information content (AvgIpc) is 3.70. The molecule has 0 bridgehead atoms. The van der Waals surface area contributed by atoms with Crippen molar-refractivity contribution in [1.29, 1.82) is 0 Å². The van der Waals surface area contributed by atoms with Crippen molar-refractivity contribution < 1.29 is 41.1 Å². The van der Waals surface area contributed by atoms with Crippen LogP contribution in [0.4, 0.5) is 33.5 Å². The lowest BCUT2D eigenvalue weighted by atomic mass is 9.93. The van der Waals surface area contributed by atoms with Gasteiger partial charge in [0.2, 0.25) is 11.8 Å². The normalized spacial score (nSPS) is 19.6. The van der Waals surface area contributed by atoms with Gasteiger partial charge in [-0.15, -0.1) is 0 Å². The first-order valence-electron chi connectivity index (χ1n) is 19.7. The molecule has 12 nitrogen and oxygen atoms in total. The van der Waals surface area contributed by atoms with Crippen LogP contribution >= 0.6 is 0 Å². The third-order valence-corrected chi connectivity index (χ3v) is 12.3. The monoisotopic (exact) mass is 814 g/mol. The highest BCUT2D eigenvalue weighted by atomic mass is 19.3. The Morgan fingerprint density at radius 2 is 1.56 bits per heavy atom. The zero-order valence-corrected chi connectivity index (χ0v) is 31.7. The number of alkyl halides is 4. The van der Waals surface area contributed by atoms with E-state index in [0.29, 0.717) is 88.7 Å². The van der Waals surface area contributed by atoms with Crippen LogP contribution in [0, 0.1) is 11.7 Å². The highest BCUT2D eigenvalue weighted by Gasteiger charge is 2.47. The third kappa shape index (κ3) is 6.94. The second-order valence-electron chi connectivity index (χ2n) is 15.6. The lowest BCUT2D eigenvalue weighted by Crippen LogP contribution is -2.54. The molecule has 1 N–H and O–H groups in total. The molecule has 3 fully saturated rings. The predicted octanol–water partition coefficient (Wildman–Crippen LogP) is 6.55. The molecule has 3 saturated heterocycles. The summed E-state index contributed by atoms with van der Waals surface area (Å²) in [6, 6.07) is 9.56. The van der Waals surface area contributed by atoms with Gasteiger partial charge in [-0.3, -0.25) is 43.8 Å². The molecule has 0 radical (unpaired) electrons. The number of carbonyl (C=O) groups is 4. The number of fused-ring (bicyclic) bond motifs is 4. The summed E-state index contributed by atoms with van der Waals surface area (Å²) < 4.78 is 73.5. The largest absolute Gasteiger partial charge is 0.369 e. The van der Waals surface area contributed by atoms with Crippen LogP contribution in [0.2, 0.25) is 0 Å². The molecule has 7 heterocycles. The second-order valence-corrected chi connectivity index (χ2v) is 15.6. The molecule has 0 saturated carbocycles. The minimum absolute atomic E-state index is 0.0705. The van der Waals surface area contributed by atoms with Gasteiger partial charge in [0.15, 0.2) is 11.6 Å². The molecule has 2 aromatic carbocycles. The molecule has 0 aliphatic carbocycles. The maximum Gasteiger partial charge on any atom is 0.319 e. The number of halogens is 5. The fourth-order valence-corrected chi connectivity index (χ4v) is 9.10. The number of aromatic nitrogens is 3. The number of piperidine rings is 2. The van der Waals surface area contributed by atoms with Gasteiger partial charge < -0.3 is 9.80 Å². The summed E-state index contributed by atoms with van der Waals surface area (Å²) in [5.41, 5.74) is 1.04. The van der Waals surface area contributed by atoms with Gasteiger partial charge in [-0.1, -0.05) is 12.1 Å². The van der Waals surface area contributed by atoms with Crippen LogP contribution in [0.1, 0.15) is 71.4 Å². The molecule has 17 heteroatoms. The Labute approximate surface area is 334 Å². The molecule has 5 aromatic rings. The van der Waals surface area contributed by atoms with E-state index in [0.717, 1.165) is 30.4 Å². The van der Waals surface area contributed by atoms with Crippen molar-refractivity contribution in [3.8, 4) is 11.1 Å². The van der Waals surface area contributed by atoms with Gasteiger partial charge in [-0.25, -0.2) is 18.2 Å². The van der Waals surface area contributed by atoms with Crippen molar-refractivity contribution in [3.63, 3.8) is 0 Å². The summed E-state index contributed by atoms with van der Waals surface area (Å²) in [5, 5.41) is 3.36. The molecular formula is C42H39F5N8O4. The van der Waals surface area contributed by atoms with Crippen molar-refractivity contribution >= 4 is 56.9 Å². The topological polar surface area (TPSA) is 124 Å². The number of hydrogen-bond donors (Lipinski definition) is 1. The summed E-state index contributed by atoms with van der Waals surface area (Å²) in [5.74, 6) is -2.92. The number of anilines is 2. The molecule has 3 aromatic heterocycles. The van der Waals surface area contributed by atoms with E-state index in [9.17, 15) is 36.7 Å². The molecular weight excluding hydrogens is 776 g/mol. The standard InChI is InChI=1S/C42H39F5N8O4/c43-31-17-25(24-1-2-27-30-22-48-9-5-32(30)54(42(46)47)34(27)18-24)21-49-38(31)53-11-7-23(8-12-53)6-10-51-13-15-52(16-14-51)26-19-28(37(44)45)36-29(20-26)40(58)55(41(36)59)33-3-4-35(56)50-39(33)57/h1-2,5,9,17-23,33,37,42H,3-4,6-8,10-16H2,(H,50,56,57).